The molecule has 0 N–H and O–H groups in total. The maximum atomic E-state index is 4.65. The van der Waals surface area contributed by atoms with Gasteiger partial charge in [-0.2, -0.15) is 4.98 Å². The molecule has 6 nitrogen and oxygen atoms in total. The highest BCUT2D eigenvalue weighted by molar-refractivity contribution is 5.73. The van der Waals surface area contributed by atoms with Gasteiger partial charge in [-0.05, 0) is 19.1 Å². The molecule has 0 aliphatic heterocycles. The van der Waals surface area contributed by atoms with Crippen molar-refractivity contribution in [2.75, 3.05) is 30.9 Å². The average molecular weight is 308 g/mol. The first-order valence-electron chi connectivity index (χ1n) is 7.47. The Morgan fingerprint density at radius 1 is 0.913 bits per heavy atom. The van der Waals surface area contributed by atoms with Crippen LogP contribution >= 0.6 is 0 Å². The maximum Gasteiger partial charge on any atom is 0.227 e. The van der Waals surface area contributed by atoms with E-state index in [9.17, 15) is 0 Å². The lowest BCUT2D eigenvalue weighted by Gasteiger charge is -2.20. The zero-order valence-electron chi connectivity index (χ0n) is 13.9. The first-order chi connectivity index (χ1) is 11.0. The van der Waals surface area contributed by atoms with Crippen molar-refractivity contribution in [1.29, 1.82) is 0 Å². The van der Waals surface area contributed by atoms with Crippen LogP contribution in [0.25, 0.3) is 11.0 Å². The maximum absolute atomic E-state index is 4.65. The predicted octanol–water partition coefficient (Wildman–Crippen LogP) is 2.43. The Morgan fingerprint density at radius 2 is 1.65 bits per heavy atom. The van der Waals surface area contributed by atoms with Crippen molar-refractivity contribution >= 4 is 22.8 Å². The summed E-state index contributed by atoms with van der Waals surface area (Å²) in [7, 11) is 5.92. The van der Waals surface area contributed by atoms with Crippen molar-refractivity contribution in [2.45, 2.75) is 13.5 Å². The van der Waals surface area contributed by atoms with Crippen molar-refractivity contribution in [3.8, 4) is 0 Å². The van der Waals surface area contributed by atoms with Gasteiger partial charge in [0.25, 0.3) is 0 Å². The fraction of sp³-hybridized carbons (Fsp3) is 0.294. The van der Waals surface area contributed by atoms with E-state index in [4.69, 9.17) is 0 Å². The van der Waals surface area contributed by atoms with E-state index in [-0.39, 0.29) is 0 Å². The van der Waals surface area contributed by atoms with Crippen molar-refractivity contribution in [3.05, 3.63) is 47.9 Å². The second-order valence-electron chi connectivity index (χ2n) is 5.78. The van der Waals surface area contributed by atoms with Crippen LogP contribution in [0.5, 0.6) is 0 Å². The summed E-state index contributed by atoms with van der Waals surface area (Å²) in [5.74, 6) is 1.60. The molecule has 3 aromatic rings. The van der Waals surface area contributed by atoms with E-state index in [2.05, 4.69) is 19.9 Å². The molecule has 0 spiro atoms. The van der Waals surface area contributed by atoms with E-state index < -0.39 is 0 Å². The minimum atomic E-state index is 0.605. The minimum absolute atomic E-state index is 0.605. The van der Waals surface area contributed by atoms with Crippen LogP contribution in [0.4, 0.5) is 11.8 Å². The zero-order chi connectivity index (χ0) is 16.4. The fourth-order valence-electron chi connectivity index (χ4n) is 2.45. The SMILES string of the molecule is Cc1cnc(N(C)Cc2cnc3ccccc3n2)nc1N(C)C. The van der Waals surface area contributed by atoms with E-state index in [1.165, 1.54) is 0 Å². The van der Waals surface area contributed by atoms with Crippen molar-refractivity contribution in [3.63, 3.8) is 0 Å². The molecule has 0 saturated heterocycles. The Balaban J connectivity index is 1.85. The molecule has 23 heavy (non-hydrogen) atoms. The second-order valence-corrected chi connectivity index (χ2v) is 5.78. The number of rotatable bonds is 4. The second kappa shape index (κ2) is 6.16. The van der Waals surface area contributed by atoms with Gasteiger partial charge in [0.15, 0.2) is 0 Å². The van der Waals surface area contributed by atoms with Gasteiger partial charge >= 0.3 is 0 Å². The summed E-state index contributed by atoms with van der Waals surface area (Å²) in [6.07, 6.45) is 3.65. The number of nitrogens with zero attached hydrogens (tertiary/aromatic N) is 6. The molecule has 6 heteroatoms. The molecule has 2 aromatic heterocycles. The van der Waals surface area contributed by atoms with Gasteiger partial charge < -0.3 is 9.80 Å². The van der Waals surface area contributed by atoms with Gasteiger partial charge in [-0.25, -0.2) is 9.97 Å². The lowest BCUT2D eigenvalue weighted by atomic mass is 10.3. The number of fused-ring (bicyclic) bond motifs is 1. The Bertz CT molecular complexity index is 830. The Kier molecular flexibility index (Phi) is 4.06. The number of anilines is 2. The Labute approximate surface area is 135 Å². The standard InChI is InChI=1S/C17H20N6/c1-12-9-19-17(21-16(12)22(2)3)23(4)11-13-10-18-14-7-5-6-8-15(14)20-13/h5-10H,11H2,1-4H3. The van der Waals surface area contributed by atoms with Crippen LogP contribution in [-0.2, 0) is 6.54 Å². The molecule has 0 radical (unpaired) electrons. The topological polar surface area (TPSA) is 58.0 Å². The fourth-order valence-corrected chi connectivity index (χ4v) is 2.45. The number of aryl methyl sites for hydroxylation is 1. The molecule has 3 rings (SSSR count). The van der Waals surface area contributed by atoms with Crippen LogP contribution in [0, 0.1) is 6.92 Å². The highest BCUT2D eigenvalue weighted by Gasteiger charge is 2.11. The summed E-state index contributed by atoms with van der Waals surface area (Å²) in [6.45, 7) is 2.61. The van der Waals surface area contributed by atoms with E-state index >= 15 is 0 Å². The van der Waals surface area contributed by atoms with Gasteiger partial charge in [0.05, 0.1) is 29.5 Å². The molecule has 0 atom stereocenters. The lowest BCUT2D eigenvalue weighted by molar-refractivity contribution is 0.834. The Morgan fingerprint density at radius 3 is 2.39 bits per heavy atom. The van der Waals surface area contributed by atoms with Crippen LogP contribution in [-0.4, -0.2) is 41.1 Å². The lowest BCUT2D eigenvalue weighted by Crippen LogP contribution is -2.22. The van der Waals surface area contributed by atoms with Crippen molar-refractivity contribution in [2.24, 2.45) is 0 Å². The summed E-state index contributed by atoms with van der Waals surface area (Å²) in [6, 6.07) is 7.86. The van der Waals surface area contributed by atoms with E-state index in [1.54, 1.807) is 6.20 Å². The third-order valence-electron chi connectivity index (χ3n) is 3.59. The third kappa shape index (κ3) is 3.21. The molecule has 0 unspecified atom stereocenters. The van der Waals surface area contributed by atoms with Gasteiger partial charge in [-0.3, -0.25) is 4.98 Å². The first kappa shape index (κ1) is 15.1. The number of aromatic nitrogens is 4. The number of hydrogen-bond acceptors (Lipinski definition) is 6. The summed E-state index contributed by atoms with van der Waals surface area (Å²) >= 11 is 0. The van der Waals surface area contributed by atoms with Gasteiger partial charge in [0.1, 0.15) is 5.82 Å². The highest BCUT2D eigenvalue weighted by Crippen LogP contribution is 2.18. The largest absolute Gasteiger partial charge is 0.362 e. The minimum Gasteiger partial charge on any atom is -0.362 e. The van der Waals surface area contributed by atoms with Gasteiger partial charge in [0, 0.05) is 32.9 Å². The number of benzene rings is 1. The molecular weight excluding hydrogens is 288 g/mol. The van der Waals surface area contributed by atoms with Gasteiger partial charge in [0.2, 0.25) is 5.95 Å². The van der Waals surface area contributed by atoms with Crippen LogP contribution in [0.15, 0.2) is 36.7 Å². The van der Waals surface area contributed by atoms with Crippen LogP contribution in [0.3, 0.4) is 0 Å². The van der Waals surface area contributed by atoms with Crippen LogP contribution < -0.4 is 9.80 Å². The summed E-state index contributed by atoms with van der Waals surface area (Å²) in [4.78, 5) is 22.1. The Hall–Kier alpha value is -2.76. The van der Waals surface area contributed by atoms with Crippen LogP contribution in [0.2, 0.25) is 0 Å². The average Bonchev–Trinajstić information content (AvgIpc) is 2.54. The number of hydrogen-bond donors (Lipinski definition) is 0. The monoisotopic (exact) mass is 308 g/mol. The predicted molar refractivity (Wildman–Crippen MR) is 92.7 cm³/mol. The van der Waals surface area contributed by atoms with Gasteiger partial charge in [-0.15, -0.1) is 0 Å². The normalized spacial score (nSPS) is 10.8. The highest BCUT2D eigenvalue weighted by atomic mass is 15.3. The number of para-hydroxylation sites is 2. The van der Waals surface area contributed by atoms with E-state index in [1.807, 2.05) is 68.3 Å². The molecule has 0 amide bonds. The molecule has 0 aliphatic carbocycles. The van der Waals surface area contributed by atoms with E-state index in [0.717, 1.165) is 28.1 Å². The van der Waals surface area contributed by atoms with E-state index in [0.29, 0.717) is 12.5 Å². The molecule has 0 saturated carbocycles. The molecule has 0 bridgehead atoms. The van der Waals surface area contributed by atoms with Gasteiger partial charge in [-0.1, -0.05) is 12.1 Å². The summed E-state index contributed by atoms with van der Waals surface area (Å²) in [5.41, 5.74) is 3.75. The molecule has 118 valence electrons. The molecule has 2 heterocycles. The quantitative estimate of drug-likeness (QED) is 0.738. The smallest absolute Gasteiger partial charge is 0.227 e. The van der Waals surface area contributed by atoms with Crippen molar-refractivity contribution in [1.82, 2.24) is 19.9 Å². The molecule has 0 aliphatic rings. The summed E-state index contributed by atoms with van der Waals surface area (Å²) in [5, 5.41) is 0. The van der Waals surface area contributed by atoms with Crippen molar-refractivity contribution < 1.29 is 0 Å². The molecular formula is C17H20N6. The molecule has 0 fully saturated rings. The van der Waals surface area contributed by atoms with Crippen LogP contribution in [0.1, 0.15) is 11.3 Å². The molecule has 1 aromatic carbocycles. The third-order valence-corrected chi connectivity index (χ3v) is 3.59. The first-order valence-corrected chi connectivity index (χ1v) is 7.47. The summed E-state index contributed by atoms with van der Waals surface area (Å²) < 4.78 is 0. The zero-order valence-corrected chi connectivity index (χ0v) is 13.9.